The quantitative estimate of drug-likeness (QED) is 0.752. The molecule has 32 heavy (non-hydrogen) atoms. The van der Waals surface area contributed by atoms with Gasteiger partial charge < -0.3 is 19.9 Å². The monoisotopic (exact) mass is 434 g/mol. The molecule has 1 saturated heterocycles. The van der Waals surface area contributed by atoms with Crippen LogP contribution >= 0.6 is 0 Å². The van der Waals surface area contributed by atoms with E-state index in [2.05, 4.69) is 15.6 Å². The van der Waals surface area contributed by atoms with Crippen molar-refractivity contribution in [1.82, 2.24) is 14.9 Å². The van der Waals surface area contributed by atoms with Crippen molar-refractivity contribution in [2.75, 3.05) is 25.6 Å². The third-order valence-corrected chi connectivity index (χ3v) is 6.42. The number of carbonyl (C=O) groups is 2. The first kappa shape index (κ1) is 20.6. The van der Waals surface area contributed by atoms with E-state index in [1.807, 2.05) is 24.4 Å². The van der Waals surface area contributed by atoms with Gasteiger partial charge >= 0.3 is 0 Å². The smallest absolute Gasteiger partial charge is 0.258 e. The Bertz CT molecular complexity index is 1170. The summed E-state index contributed by atoms with van der Waals surface area (Å²) in [5.41, 5.74) is 3.24. The molecule has 2 aliphatic carbocycles. The number of carbonyl (C=O) groups excluding carboxylic acids is 2. The van der Waals surface area contributed by atoms with Gasteiger partial charge in [-0.15, -0.1) is 0 Å². The normalized spacial score (nSPS) is 19.8. The average molecular weight is 434 g/mol. The number of allylic oxidation sites excluding steroid dienone is 1. The summed E-state index contributed by atoms with van der Waals surface area (Å²) in [7, 11) is 1.57. The van der Waals surface area contributed by atoms with Gasteiger partial charge in [0, 0.05) is 49.5 Å². The van der Waals surface area contributed by atoms with Gasteiger partial charge in [0.05, 0.1) is 18.2 Å². The van der Waals surface area contributed by atoms with E-state index in [9.17, 15) is 14.4 Å². The highest BCUT2D eigenvalue weighted by atomic mass is 16.5. The summed E-state index contributed by atoms with van der Waals surface area (Å²) in [5.74, 6) is 0.211. The van der Waals surface area contributed by atoms with Gasteiger partial charge in [0.1, 0.15) is 5.82 Å². The fraction of sp³-hybridized carbons (Fsp3) is 0.417. The standard InChI is InChI=1S/C24H26N4O4/c1-25-23(30)20-12-26-21(27-22(29)14-6-7-14)19-11-15(10-18(19)20)17-5-2-8-28(24(17)31)16-4-3-9-32-13-16/h2,5,8,10,12,14,16H,3-4,6-7,9,11,13H2,1H3,(H,25,30)(H,26,27,29). The molecule has 3 heterocycles. The summed E-state index contributed by atoms with van der Waals surface area (Å²) in [6.45, 7) is 1.26. The predicted octanol–water partition coefficient (Wildman–Crippen LogP) is 2.40. The number of pyridine rings is 2. The molecule has 0 radical (unpaired) electrons. The minimum Gasteiger partial charge on any atom is -0.379 e. The number of fused-ring (bicyclic) bond motifs is 1. The summed E-state index contributed by atoms with van der Waals surface area (Å²) >= 11 is 0. The molecule has 2 aromatic heterocycles. The number of aromatic nitrogens is 2. The van der Waals surface area contributed by atoms with Crippen molar-refractivity contribution < 1.29 is 14.3 Å². The van der Waals surface area contributed by atoms with E-state index >= 15 is 0 Å². The van der Waals surface area contributed by atoms with Gasteiger partial charge in [0.25, 0.3) is 11.5 Å². The molecular weight excluding hydrogens is 408 g/mol. The highest BCUT2D eigenvalue weighted by Gasteiger charge is 2.32. The van der Waals surface area contributed by atoms with Gasteiger partial charge in [-0.3, -0.25) is 14.4 Å². The maximum Gasteiger partial charge on any atom is 0.258 e. The second-order valence-corrected chi connectivity index (χ2v) is 8.61. The molecular formula is C24H26N4O4. The largest absolute Gasteiger partial charge is 0.379 e. The molecule has 0 aromatic carbocycles. The maximum absolute atomic E-state index is 13.3. The lowest BCUT2D eigenvalue weighted by molar-refractivity contribution is -0.117. The second kappa shape index (κ2) is 8.35. The van der Waals surface area contributed by atoms with Crippen molar-refractivity contribution in [2.45, 2.75) is 38.1 Å². The van der Waals surface area contributed by atoms with Crippen molar-refractivity contribution in [3.8, 4) is 0 Å². The molecule has 2 N–H and O–H groups in total. The molecule has 2 amide bonds. The molecule has 166 valence electrons. The highest BCUT2D eigenvalue weighted by Crippen LogP contribution is 2.37. The lowest BCUT2D eigenvalue weighted by Crippen LogP contribution is -2.31. The summed E-state index contributed by atoms with van der Waals surface area (Å²) in [5, 5.41) is 5.57. The van der Waals surface area contributed by atoms with Crippen molar-refractivity contribution >= 4 is 29.3 Å². The maximum atomic E-state index is 13.3. The number of anilines is 1. The molecule has 2 fully saturated rings. The first-order valence-electron chi connectivity index (χ1n) is 11.1. The van der Waals surface area contributed by atoms with Gasteiger partial charge in [-0.05, 0) is 55.0 Å². The number of amides is 2. The number of nitrogens with one attached hydrogen (secondary N) is 2. The number of ether oxygens (including phenoxy) is 1. The Morgan fingerprint density at radius 1 is 1.25 bits per heavy atom. The lowest BCUT2D eigenvalue weighted by atomic mass is 10.0. The molecule has 0 spiro atoms. The molecule has 8 nitrogen and oxygen atoms in total. The highest BCUT2D eigenvalue weighted by molar-refractivity contribution is 6.04. The molecule has 0 bridgehead atoms. The molecule has 8 heteroatoms. The van der Waals surface area contributed by atoms with Crippen LogP contribution in [0.25, 0.3) is 11.6 Å². The fourth-order valence-corrected chi connectivity index (χ4v) is 4.47. The lowest BCUT2D eigenvalue weighted by Gasteiger charge is -2.24. The van der Waals surface area contributed by atoms with Crippen LogP contribution in [-0.4, -0.2) is 41.6 Å². The Hall–Kier alpha value is -3.26. The Labute approximate surface area is 185 Å². The second-order valence-electron chi connectivity index (χ2n) is 8.61. The average Bonchev–Trinajstić information content (AvgIpc) is 3.58. The molecule has 1 atom stereocenters. The zero-order valence-electron chi connectivity index (χ0n) is 18.0. The molecule has 1 aliphatic heterocycles. The van der Waals surface area contributed by atoms with E-state index in [1.165, 1.54) is 6.20 Å². The van der Waals surface area contributed by atoms with Gasteiger partial charge in [-0.1, -0.05) is 0 Å². The number of rotatable bonds is 5. The Morgan fingerprint density at radius 2 is 2.09 bits per heavy atom. The SMILES string of the molecule is CNC(=O)c1cnc(NC(=O)C2CC2)c2c1C=C(c1cccn(C3CCCOC3)c1=O)C2. The van der Waals surface area contributed by atoms with Crippen LogP contribution in [0.15, 0.2) is 29.3 Å². The summed E-state index contributed by atoms with van der Waals surface area (Å²) < 4.78 is 7.33. The minimum absolute atomic E-state index is 0.0251. The van der Waals surface area contributed by atoms with Crippen LogP contribution < -0.4 is 16.2 Å². The number of nitrogens with zero attached hydrogens (tertiary/aromatic N) is 2. The van der Waals surface area contributed by atoms with E-state index in [-0.39, 0.29) is 29.3 Å². The molecule has 1 unspecified atom stereocenters. The van der Waals surface area contributed by atoms with E-state index in [0.29, 0.717) is 35.5 Å². The van der Waals surface area contributed by atoms with Crippen LogP contribution in [0.3, 0.4) is 0 Å². The van der Waals surface area contributed by atoms with Crippen molar-refractivity contribution in [3.05, 3.63) is 57.1 Å². The van der Waals surface area contributed by atoms with Crippen molar-refractivity contribution in [2.24, 2.45) is 5.92 Å². The number of hydrogen-bond acceptors (Lipinski definition) is 5. The van der Waals surface area contributed by atoms with Gasteiger partial charge in [0.15, 0.2) is 0 Å². The van der Waals surface area contributed by atoms with E-state index < -0.39 is 0 Å². The van der Waals surface area contributed by atoms with Gasteiger partial charge in [-0.2, -0.15) is 0 Å². The third kappa shape index (κ3) is 3.75. The summed E-state index contributed by atoms with van der Waals surface area (Å²) in [4.78, 5) is 42.5. The van der Waals surface area contributed by atoms with Crippen LogP contribution in [0.1, 0.15) is 58.8 Å². The van der Waals surface area contributed by atoms with Crippen molar-refractivity contribution in [3.63, 3.8) is 0 Å². The van der Waals surface area contributed by atoms with Gasteiger partial charge in [0.2, 0.25) is 5.91 Å². The van der Waals surface area contributed by atoms with Crippen LogP contribution in [0.5, 0.6) is 0 Å². The predicted molar refractivity (Wildman–Crippen MR) is 120 cm³/mol. The van der Waals surface area contributed by atoms with Crippen LogP contribution in [0.4, 0.5) is 5.82 Å². The first-order valence-corrected chi connectivity index (χ1v) is 11.1. The van der Waals surface area contributed by atoms with E-state index in [0.717, 1.165) is 43.4 Å². The number of hydrogen-bond donors (Lipinski definition) is 2. The molecule has 3 aliphatic rings. The zero-order chi connectivity index (χ0) is 22.2. The summed E-state index contributed by atoms with van der Waals surface area (Å²) in [6.07, 6.45) is 9.23. The molecule has 1 saturated carbocycles. The van der Waals surface area contributed by atoms with Crippen molar-refractivity contribution in [1.29, 1.82) is 0 Å². The zero-order valence-corrected chi connectivity index (χ0v) is 18.0. The Kier molecular flexibility index (Phi) is 5.38. The van der Waals surface area contributed by atoms with Crippen LogP contribution in [-0.2, 0) is 16.0 Å². The molecule has 5 rings (SSSR count). The molecule has 2 aromatic rings. The van der Waals surface area contributed by atoms with Crippen LogP contribution in [0.2, 0.25) is 0 Å². The van der Waals surface area contributed by atoms with E-state index in [1.54, 1.807) is 11.6 Å². The first-order chi connectivity index (χ1) is 15.6. The summed E-state index contributed by atoms with van der Waals surface area (Å²) in [6, 6.07) is 3.72. The Balaban J connectivity index is 1.52. The van der Waals surface area contributed by atoms with Crippen LogP contribution in [0, 0.1) is 5.92 Å². The third-order valence-electron chi connectivity index (χ3n) is 6.42. The van der Waals surface area contributed by atoms with Gasteiger partial charge in [-0.25, -0.2) is 4.98 Å². The Morgan fingerprint density at radius 3 is 2.81 bits per heavy atom. The minimum atomic E-state index is -0.254. The topological polar surface area (TPSA) is 102 Å². The fourth-order valence-electron chi connectivity index (χ4n) is 4.47. The van der Waals surface area contributed by atoms with E-state index in [4.69, 9.17) is 4.74 Å².